The molecule has 2 aromatic carbocycles. The van der Waals surface area contributed by atoms with Gasteiger partial charge in [0.25, 0.3) is 0 Å². The van der Waals surface area contributed by atoms with Crippen LogP contribution >= 0.6 is 0 Å². The Morgan fingerprint density at radius 2 is 1.08 bits per heavy atom. The van der Waals surface area contributed by atoms with Crippen LogP contribution in [0.15, 0.2) is 24.3 Å². The summed E-state index contributed by atoms with van der Waals surface area (Å²) in [5.41, 5.74) is 6.31. The van der Waals surface area contributed by atoms with E-state index >= 15 is 0 Å². The Kier molecular flexibility index (Phi) is 12.9. The van der Waals surface area contributed by atoms with Crippen molar-refractivity contribution in [3.8, 4) is 11.5 Å². The van der Waals surface area contributed by atoms with Crippen LogP contribution in [0.2, 0.25) is 0 Å². The second-order valence-corrected chi connectivity index (χ2v) is 6.96. The highest BCUT2D eigenvalue weighted by atomic mass is 19.2. The number of ether oxygens (including phenoxy) is 6. The normalized spacial score (nSPS) is 11.0. The number of anilines is 1. The van der Waals surface area contributed by atoms with E-state index in [0.717, 1.165) is 0 Å². The second-order valence-electron chi connectivity index (χ2n) is 6.96. The fraction of sp³-hybridized carbons (Fsp3) is 0.435. The van der Waals surface area contributed by atoms with Crippen molar-refractivity contribution in [2.45, 2.75) is 6.42 Å². The summed E-state index contributed by atoms with van der Waals surface area (Å²) in [5, 5.41) is 0. The molecule has 0 aliphatic heterocycles. The molecule has 0 aliphatic carbocycles. The van der Waals surface area contributed by atoms with Crippen LogP contribution in [0, 0.1) is 29.1 Å². The Labute approximate surface area is 204 Å². The predicted molar refractivity (Wildman–Crippen MR) is 116 cm³/mol. The molecule has 0 heterocycles. The van der Waals surface area contributed by atoms with E-state index in [1.165, 1.54) is 0 Å². The molecule has 0 bridgehead atoms. The average molecular weight is 523 g/mol. The topological polar surface area (TPSA) is 98.5 Å². The number of para-hydroxylation sites is 2. The summed E-state index contributed by atoms with van der Waals surface area (Å²) in [7, 11) is 0. The smallest absolute Gasteiger partial charge is 0.313 e. The molecule has 0 atom stereocenters. The SMILES string of the molecule is Nc1ccccc1OCCOCCOCCOCCOCCC(=O)Oc1c(F)c(F)c(F)c(F)c1F. The molecule has 200 valence electrons. The van der Waals surface area contributed by atoms with Gasteiger partial charge in [0.05, 0.1) is 65.0 Å². The molecule has 8 nitrogen and oxygen atoms in total. The van der Waals surface area contributed by atoms with Gasteiger partial charge in [-0.1, -0.05) is 12.1 Å². The predicted octanol–water partition coefficient (Wildman–Crippen LogP) is 3.41. The Morgan fingerprint density at radius 1 is 0.639 bits per heavy atom. The highest BCUT2D eigenvalue weighted by Gasteiger charge is 2.28. The molecule has 13 heteroatoms. The molecule has 36 heavy (non-hydrogen) atoms. The number of carbonyl (C=O) groups is 1. The third-order valence-corrected chi connectivity index (χ3v) is 4.36. The van der Waals surface area contributed by atoms with Gasteiger partial charge in [0.1, 0.15) is 12.4 Å². The first-order valence-corrected chi connectivity index (χ1v) is 10.8. The molecule has 2 N–H and O–H groups in total. The molecule has 0 saturated carbocycles. The number of halogens is 5. The number of rotatable bonds is 17. The maximum Gasteiger partial charge on any atom is 0.313 e. The fourth-order valence-electron chi connectivity index (χ4n) is 2.58. The van der Waals surface area contributed by atoms with Crippen LogP contribution in [0.1, 0.15) is 6.42 Å². The summed E-state index contributed by atoms with van der Waals surface area (Å²) in [6, 6.07) is 7.15. The van der Waals surface area contributed by atoms with Crippen molar-refractivity contribution in [1.82, 2.24) is 0 Å². The second kappa shape index (κ2) is 15.9. The molecule has 2 rings (SSSR count). The number of esters is 1. The van der Waals surface area contributed by atoms with Crippen LogP contribution in [-0.2, 0) is 23.7 Å². The molecule has 0 aliphatic rings. The van der Waals surface area contributed by atoms with Crippen molar-refractivity contribution in [2.24, 2.45) is 0 Å². The van der Waals surface area contributed by atoms with Crippen molar-refractivity contribution in [1.29, 1.82) is 0 Å². The highest BCUT2D eigenvalue weighted by molar-refractivity contribution is 5.72. The zero-order chi connectivity index (χ0) is 26.3. The van der Waals surface area contributed by atoms with E-state index in [2.05, 4.69) is 4.74 Å². The zero-order valence-corrected chi connectivity index (χ0v) is 19.2. The van der Waals surface area contributed by atoms with E-state index in [-0.39, 0.29) is 26.4 Å². The van der Waals surface area contributed by atoms with Crippen LogP contribution in [0.3, 0.4) is 0 Å². The van der Waals surface area contributed by atoms with Gasteiger partial charge in [-0.2, -0.15) is 8.78 Å². The van der Waals surface area contributed by atoms with E-state index in [4.69, 9.17) is 29.4 Å². The van der Waals surface area contributed by atoms with Gasteiger partial charge < -0.3 is 34.2 Å². The lowest BCUT2D eigenvalue weighted by Crippen LogP contribution is -2.16. The van der Waals surface area contributed by atoms with Crippen LogP contribution in [0.25, 0.3) is 0 Å². The van der Waals surface area contributed by atoms with E-state index in [1.54, 1.807) is 12.1 Å². The van der Waals surface area contributed by atoms with Gasteiger partial charge in [-0.05, 0) is 12.1 Å². The molecular formula is C23H26F5NO7. The first kappa shape index (κ1) is 29.2. The largest absolute Gasteiger partial charge is 0.489 e. The van der Waals surface area contributed by atoms with Crippen LogP contribution in [0.5, 0.6) is 11.5 Å². The van der Waals surface area contributed by atoms with E-state index in [1.807, 2.05) is 12.1 Å². The maximum atomic E-state index is 13.5. The minimum atomic E-state index is -2.34. The van der Waals surface area contributed by atoms with Crippen molar-refractivity contribution in [2.75, 3.05) is 65.2 Å². The van der Waals surface area contributed by atoms with Gasteiger partial charge >= 0.3 is 5.97 Å². The Balaban J connectivity index is 1.41. The van der Waals surface area contributed by atoms with Crippen molar-refractivity contribution >= 4 is 11.7 Å². The third-order valence-electron chi connectivity index (χ3n) is 4.36. The molecule has 0 fully saturated rings. The first-order valence-electron chi connectivity index (χ1n) is 10.8. The molecule has 0 aromatic heterocycles. The van der Waals surface area contributed by atoms with Crippen molar-refractivity contribution in [3.05, 3.63) is 53.4 Å². The van der Waals surface area contributed by atoms with Crippen LogP contribution in [0.4, 0.5) is 27.6 Å². The summed E-state index contributed by atoms with van der Waals surface area (Å²) in [4.78, 5) is 11.6. The summed E-state index contributed by atoms with van der Waals surface area (Å²) in [6.07, 6.45) is -0.480. The molecular weight excluding hydrogens is 497 g/mol. The minimum absolute atomic E-state index is 0.0881. The lowest BCUT2D eigenvalue weighted by Gasteiger charge is -2.10. The quantitative estimate of drug-likeness (QED) is 0.0641. The number of hydrogen-bond acceptors (Lipinski definition) is 8. The van der Waals surface area contributed by atoms with Crippen LogP contribution in [-0.4, -0.2) is 65.4 Å². The Bertz CT molecular complexity index is 951. The lowest BCUT2D eigenvalue weighted by molar-refractivity contribution is -0.136. The van der Waals surface area contributed by atoms with E-state index < -0.39 is 47.2 Å². The maximum absolute atomic E-state index is 13.5. The Hall–Kier alpha value is -3.00. The molecule has 2 aromatic rings. The van der Waals surface area contributed by atoms with Gasteiger partial charge in [0.15, 0.2) is 0 Å². The molecule has 0 spiro atoms. The summed E-state index contributed by atoms with van der Waals surface area (Å²) >= 11 is 0. The monoisotopic (exact) mass is 523 g/mol. The molecule has 0 unspecified atom stereocenters. The molecule has 0 saturated heterocycles. The highest BCUT2D eigenvalue weighted by Crippen LogP contribution is 2.29. The van der Waals surface area contributed by atoms with Gasteiger partial charge in [-0.25, -0.2) is 13.2 Å². The van der Waals surface area contributed by atoms with Crippen molar-refractivity contribution < 1.29 is 55.2 Å². The number of hydrogen-bond donors (Lipinski definition) is 1. The van der Waals surface area contributed by atoms with Gasteiger partial charge in [0, 0.05) is 0 Å². The lowest BCUT2D eigenvalue weighted by atomic mass is 10.2. The van der Waals surface area contributed by atoms with E-state index in [9.17, 15) is 26.7 Å². The van der Waals surface area contributed by atoms with Crippen LogP contribution < -0.4 is 15.2 Å². The van der Waals surface area contributed by atoms with Gasteiger partial charge in [-0.3, -0.25) is 4.79 Å². The third kappa shape index (κ3) is 9.57. The summed E-state index contributed by atoms with van der Waals surface area (Å²) in [5.74, 6) is -13.5. The van der Waals surface area contributed by atoms with Gasteiger partial charge in [0.2, 0.25) is 34.8 Å². The van der Waals surface area contributed by atoms with Crippen molar-refractivity contribution in [3.63, 3.8) is 0 Å². The number of carbonyl (C=O) groups excluding carboxylic acids is 1. The number of nitrogens with two attached hydrogens (primary N) is 1. The number of benzene rings is 2. The summed E-state index contributed by atoms with van der Waals surface area (Å²) in [6.45, 7) is 2.10. The standard InChI is InChI=1S/C23H26F5NO7/c24-18-19(25)21(27)23(22(28)20(18)26)36-17(30)5-6-31-7-8-32-9-10-33-11-12-34-13-14-35-16-4-2-1-3-15(16)29/h1-4H,5-14,29H2. The molecule has 0 radical (unpaired) electrons. The fourth-order valence-corrected chi connectivity index (χ4v) is 2.58. The zero-order valence-electron chi connectivity index (χ0n) is 19.2. The average Bonchev–Trinajstić information content (AvgIpc) is 2.87. The molecule has 0 amide bonds. The van der Waals surface area contributed by atoms with E-state index in [0.29, 0.717) is 44.5 Å². The summed E-state index contributed by atoms with van der Waals surface area (Å²) < 4.78 is 96.9. The Morgan fingerprint density at radius 3 is 1.61 bits per heavy atom. The first-order chi connectivity index (χ1) is 17.3. The minimum Gasteiger partial charge on any atom is -0.489 e. The van der Waals surface area contributed by atoms with Gasteiger partial charge in [-0.15, -0.1) is 0 Å². The number of nitrogen functional groups attached to an aromatic ring is 1.